The number of aryl methyl sites for hydroxylation is 1. The van der Waals surface area contributed by atoms with E-state index in [9.17, 15) is 14.9 Å². The van der Waals surface area contributed by atoms with Crippen molar-refractivity contribution in [2.45, 2.75) is 0 Å². The van der Waals surface area contributed by atoms with Gasteiger partial charge in [-0.3, -0.25) is 19.6 Å². The first-order valence-corrected chi connectivity index (χ1v) is 8.90. The average Bonchev–Trinajstić information content (AvgIpc) is 3.17. The summed E-state index contributed by atoms with van der Waals surface area (Å²) in [6.07, 6.45) is 1.62. The van der Waals surface area contributed by atoms with Gasteiger partial charge in [0.05, 0.1) is 30.4 Å². The molecule has 4 rings (SSSR count). The van der Waals surface area contributed by atoms with Crippen LogP contribution in [0, 0.1) is 10.1 Å². The van der Waals surface area contributed by atoms with Crippen molar-refractivity contribution in [1.29, 1.82) is 0 Å². The first kappa shape index (κ1) is 19.2. The largest absolute Gasteiger partial charge is 0.496 e. The number of nitrogens with zero attached hydrogens (tertiary/aromatic N) is 3. The average molecular weight is 407 g/mol. The molecule has 0 amide bonds. The van der Waals surface area contributed by atoms with Crippen LogP contribution >= 0.6 is 0 Å². The van der Waals surface area contributed by atoms with Crippen LogP contribution in [-0.4, -0.2) is 28.9 Å². The molecule has 2 aromatic carbocycles. The number of hydrogen-bond acceptors (Lipinski definition) is 7. The lowest BCUT2D eigenvalue weighted by molar-refractivity contribution is -0.384. The smallest absolute Gasteiger partial charge is 0.270 e. The van der Waals surface area contributed by atoms with Gasteiger partial charge < -0.3 is 13.9 Å². The van der Waals surface area contributed by atoms with Crippen LogP contribution in [0.5, 0.6) is 11.5 Å². The van der Waals surface area contributed by atoms with Crippen LogP contribution in [0.1, 0.15) is 0 Å². The molecule has 0 atom stereocenters. The van der Waals surface area contributed by atoms with Crippen molar-refractivity contribution in [2.24, 2.45) is 7.05 Å². The topological polar surface area (TPSA) is 110 Å². The molecule has 9 heteroatoms. The van der Waals surface area contributed by atoms with Gasteiger partial charge in [-0.2, -0.15) is 5.10 Å². The molecule has 0 fully saturated rings. The van der Waals surface area contributed by atoms with Crippen LogP contribution in [0.3, 0.4) is 0 Å². The summed E-state index contributed by atoms with van der Waals surface area (Å²) >= 11 is 0. The van der Waals surface area contributed by atoms with Crippen LogP contribution in [-0.2, 0) is 7.05 Å². The Morgan fingerprint density at radius 2 is 1.87 bits per heavy atom. The van der Waals surface area contributed by atoms with Crippen LogP contribution in [0.25, 0.3) is 33.6 Å². The van der Waals surface area contributed by atoms with E-state index in [1.54, 1.807) is 36.1 Å². The Balaban J connectivity index is 2.11. The summed E-state index contributed by atoms with van der Waals surface area (Å²) in [4.78, 5) is 23.7. The van der Waals surface area contributed by atoms with Crippen molar-refractivity contribution in [2.75, 3.05) is 14.2 Å². The molecule has 0 aliphatic rings. The molecule has 0 unspecified atom stereocenters. The minimum Gasteiger partial charge on any atom is -0.496 e. The first-order valence-electron chi connectivity index (χ1n) is 8.90. The second-order valence-electron chi connectivity index (χ2n) is 6.48. The number of aromatic nitrogens is 2. The summed E-state index contributed by atoms with van der Waals surface area (Å²) in [5.41, 5.74) is 1.38. The molecule has 0 spiro atoms. The zero-order chi connectivity index (χ0) is 21.4. The number of nitro groups is 1. The zero-order valence-electron chi connectivity index (χ0n) is 16.4. The van der Waals surface area contributed by atoms with E-state index in [-0.39, 0.29) is 27.8 Å². The summed E-state index contributed by atoms with van der Waals surface area (Å²) in [5.74, 6) is 0.921. The molecule has 4 aromatic rings. The fourth-order valence-corrected chi connectivity index (χ4v) is 3.38. The second-order valence-corrected chi connectivity index (χ2v) is 6.48. The molecule has 0 saturated heterocycles. The molecule has 0 aliphatic heterocycles. The molecule has 2 heterocycles. The Bertz CT molecular complexity index is 1340. The molecule has 9 nitrogen and oxygen atoms in total. The Kier molecular flexibility index (Phi) is 4.71. The quantitative estimate of drug-likeness (QED) is 0.366. The third-order valence-electron chi connectivity index (χ3n) is 4.79. The molecule has 0 N–H and O–H groups in total. The molecule has 152 valence electrons. The van der Waals surface area contributed by atoms with Crippen LogP contribution < -0.4 is 14.9 Å². The van der Waals surface area contributed by atoms with Gasteiger partial charge in [0.25, 0.3) is 5.69 Å². The third kappa shape index (κ3) is 3.06. The summed E-state index contributed by atoms with van der Waals surface area (Å²) in [6.45, 7) is 0. The van der Waals surface area contributed by atoms with E-state index in [4.69, 9.17) is 13.9 Å². The summed E-state index contributed by atoms with van der Waals surface area (Å²) in [6, 6.07) is 10.6. The highest BCUT2D eigenvalue weighted by molar-refractivity contribution is 5.99. The molecule has 30 heavy (non-hydrogen) atoms. The Labute approximate surface area is 170 Å². The van der Waals surface area contributed by atoms with Gasteiger partial charge in [-0.15, -0.1) is 0 Å². The van der Waals surface area contributed by atoms with Crippen molar-refractivity contribution in [3.63, 3.8) is 0 Å². The Hall–Kier alpha value is -4.14. The van der Waals surface area contributed by atoms with E-state index in [2.05, 4.69) is 5.10 Å². The van der Waals surface area contributed by atoms with Crippen molar-refractivity contribution in [3.8, 4) is 34.1 Å². The van der Waals surface area contributed by atoms with E-state index < -0.39 is 4.92 Å². The van der Waals surface area contributed by atoms with Crippen molar-refractivity contribution >= 4 is 16.7 Å². The predicted molar refractivity (Wildman–Crippen MR) is 110 cm³/mol. The van der Waals surface area contributed by atoms with E-state index >= 15 is 0 Å². The molecule has 2 aromatic heterocycles. The van der Waals surface area contributed by atoms with E-state index in [0.29, 0.717) is 28.3 Å². The third-order valence-corrected chi connectivity index (χ3v) is 4.79. The van der Waals surface area contributed by atoms with Gasteiger partial charge in [-0.1, -0.05) is 12.1 Å². The zero-order valence-corrected chi connectivity index (χ0v) is 16.4. The number of hydrogen-bond donors (Lipinski definition) is 0. The highest BCUT2D eigenvalue weighted by Gasteiger charge is 2.23. The van der Waals surface area contributed by atoms with Crippen molar-refractivity contribution in [1.82, 2.24) is 9.78 Å². The molecule has 0 aliphatic carbocycles. The number of rotatable bonds is 5. The lowest BCUT2D eigenvalue weighted by atomic mass is 10.0. The molecule has 0 radical (unpaired) electrons. The van der Waals surface area contributed by atoms with Gasteiger partial charge in [0.15, 0.2) is 11.0 Å². The highest BCUT2D eigenvalue weighted by atomic mass is 16.6. The molecule has 0 saturated carbocycles. The maximum absolute atomic E-state index is 13.0. The number of benzene rings is 2. The number of nitro benzene ring substituents is 1. The maximum Gasteiger partial charge on any atom is 0.270 e. The van der Waals surface area contributed by atoms with E-state index in [1.807, 2.05) is 0 Å². The Morgan fingerprint density at radius 3 is 2.50 bits per heavy atom. The van der Waals surface area contributed by atoms with Gasteiger partial charge in [0, 0.05) is 43.1 Å². The van der Waals surface area contributed by atoms with Gasteiger partial charge in [0.2, 0.25) is 0 Å². The number of non-ortho nitro benzene ring substituents is 1. The van der Waals surface area contributed by atoms with Crippen LogP contribution in [0.2, 0.25) is 0 Å². The minimum atomic E-state index is -0.504. The van der Waals surface area contributed by atoms with Crippen LogP contribution in [0.4, 0.5) is 5.69 Å². The van der Waals surface area contributed by atoms with Crippen LogP contribution in [0.15, 0.2) is 57.9 Å². The summed E-state index contributed by atoms with van der Waals surface area (Å²) < 4.78 is 18.7. The summed E-state index contributed by atoms with van der Waals surface area (Å²) in [7, 11) is 4.71. The monoisotopic (exact) mass is 407 g/mol. The predicted octanol–water partition coefficient (Wildman–Crippen LogP) is 3.79. The molecule has 0 bridgehead atoms. The number of ether oxygens (including phenoxy) is 2. The van der Waals surface area contributed by atoms with E-state index in [0.717, 1.165) is 0 Å². The van der Waals surface area contributed by atoms with Gasteiger partial charge >= 0.3 is 0 Å². The SMILES string of the molecule is COc1cc(OC)c2c(=O)cc(-c3cccc([N+](=O)[O-])c3)oc2c1-c1ccnn1C. The molecular weight excluding hydrogens is 390 g/mol. The summed E-state index contributed by atoms with van der Waals surface area (Å²) in [5, 5.41) is 15.6. The maximum atomic E-state index is 13.0. The highest BCUT2D eigenvalue weighted by Crippen LogP contribution is 2.42. The lowest BCUT2D eigenvalue weighted by Gasteiger charge is -2.15. The normalized spacial score (nSPS) is 10.9. The van der Waals surface area contributed by atoms with Crippen molar-refractivity contribution < 1.29 is 18.8 Å². The second kappa shape index (κ2) is 7.36. The lowest BCUT2D eigenvalue weighted by Crippen LogP contribution is -2.06. The van der Waals surface area contributed by atoms with E-state index in [1.165, 1.54) is 38.5 Å². The Morgan fingerprint density at radius 1 is 1.10 bits per heavy atom. The van der Waals surface area contributed by atoms with Crippen molar-refractivity contribution in [3.05, 3.63) is 69.0 Å². The molecular formula is C21H17N3O6. The number of fused-ring (bicyclic) bond motifs is 1. The fraction of sp³-hybridized carbons (Fsp3) is 0.143. The fourth-order valence-electron chi connectivity index (χ4n) is 3.38. The van der Waals surface area contributed by atoms with Gasteiger partial charge in [-0.25, -0.2) is 0 Å². The standard InChI is InChI=1S/C21H17N3O6/c1-23-14(7-8-22-23)19-17(28-2)11-18(29-3)20-15(25)10-16(30-21(19)20)12-5-4-6-13(9-12)24(26)27/h4-11H,1-3H3. The van der Waals surface area contributed by atoms with Gasteiger partial charge in [-0.05, 0) is 6.07 Å². The minimum absolute atomic E-state index is 0.106. The van der Waals surface area contributed by atoms with Gasteiger partial charge in [0.1, 0.15) is 22.6 Å². The first-order chi connectivity index (χ1) is 14.4. The number of methoxy groups -OCH3 is 2.